The molecule has 0 aromatic heterocycles. The molecule has 0 N–H and O–H groups in total. The second-order valence-electron chi connectivity index (χ2n) is 4.03. The maximum absolute atomic E-state index is 10.8. The Morgan fingerprint density at radius 1 is 1.05 bits per heavy atom. The van der Waals surface area contributed by atoms with Gasteiger partial charge in [-0.05, 0) is 29.8 Å². The van der Waals surface area contributed by atoms with E-state index in [1.54, 1.807) is 31.2 Å². The minimum Gasteiger partial charge on any atom is -0.550 e. The van der Waals surface area contributed by atoms with Crippen LogP contribution >= 0.6 is 0 Å². The number of para-hydroxylation sites is 1. The van der Waals surface area contributed by atoms with Gasteiger partial charge in [-0.3, -0.25) is 0 Å². The molecule has 0 aliphatic rings. The van der Waals surface area contributed by atoms with Crippen molar-refractivity contribution >= 4 is 43.7 Å². The number of ether oxygens (including phenoxy) is 1. The fourth-order valence-electron chi connectivity index (χ4n) is 1.61. The van der Waals surface area contributed by atoms with Gasteiger partial charge in [0, 0.05) is 11.9 Å². The summed E-state index contributed by atoms with van der Waals surface area (Å²) in [5.41, 5.74) is 0.670. The van der Waals surface area contributed by atoms with E-state index in [9.17, 15) is 9.90 Å². The number of hydrogen-bond donors (Lipinski definition) is 0. The first-order valence-electron chi connectivity index (χ1n) is 5.70. The summed E-state index contributed by atoms with van der Waals surface area (Å²) in [5.74, 6) is -0.404. The Morgan fingerprint density at radius 2 is 1.68 bits per heavy atom. The number of benzene rings is 2. The molecule has 0 radical (unpaired) electrons. The molecule has 0 fully saturated rings. The first-order valence-corrected chi connectivity index (χ1v) is 5.70. The number of rotatable bonds is 4. The number of hydrogen-bond acceptors (Lipinski definition) is 3. The van der Waals surface area contributed by atoms with Gasteiger partial charge in [0.15, 0.2) is 0 Å². The molecule has 92 valence electrons. The van der Waals surface area contributed by atoms with Crippen LogP contribution in [-0.2, 0) is 4.79 Å². The summed E-state index contributed by atoms with van der Waals surface area (Å²) in [4.78, 5) is 10.8. The van der Waals surface area contributed by atoms with Gasteiger partial charge in [0.2, 0.25) is 0 Å². The molecular formula is C15H13CaO3+. The summed E-state index contributed by atoms with van der Waals surface area (Å²) in [6.45, 7) is 1.59. The van der Waals surface area contributed by atoms with Gasteiger partial charge < -0.3 is 14.6 Å². The maximum atomic E-state index is 10.8. The van der Waals surface area contributed by atoms with Crippen molar-refractivity contribution in [3.8, 4) is 11.5 Å². The third-order valence-electron chi connectivity index (χ3n) is 2.69. The quantitative estimate of drug-likeness (QED) is 0.805. The first-order chi connectivity index (χ1) is 8.66. The van der Waals surface area contributed by atoms with E-state index >= 15 is 0 Å². The minimum atomic E-state index is -1.09. The van der Waals surface area contributed by atoms with Crippen LogP contribution < -0.4 is 9.84 Å². The monoisotopic (exact) mass is 281 g/mol. The van der Waals surface area contributed by atoms with E-state index in [1.807, 2.05) is 30.3 Å². The van der Waals surface area contributed by atoms with Crippen molar-refractivity contribution in [3.05, 3.63) is 60.2 Å². The molecule has 2 aromatic rings. The Morgan fingerprint density at radius 3 is 2.32 bits per heavy atom. The Bertz CT molecular complexity index is 540. The van der Waals surface area contributed by atoms with Crippen molar-refractivity contribution in [2.45, 2.75) is 12.8 Å². The Labute approximate surface area is 142 Å². The SMILES string of the molecule is CC(C(=O)[O-])c1cccc(Oc2ccccc2)c1.[Ca+2]. The predicted octanol–water partition coefficient (Wildman–Crippen LogP) is 1.95. The van der Waals surface area contributed by atoms with Crippen molar-refractivity contribution < 1.29 is 14.6 Å². The fraction of sp³-hybridized carbons (Fsp3) is 0.133. The second-order valence-corrected chi connectivity index (χ2v) is 4.03. The van der Waals surface area contributed by atoms with Gasteiger partial charge in [0.25, 0.3) is 0 Å². The molecule has 0 amide bonds. The summed E-state index contributed by atoms with van der Waals surface area (Å²) < 4.78 is 5.64. The largest absolute Gasteiger partial charge is 2.00 e. The molecule has 2 aromatic carbocycles. The van der Waals surface area contributed by atoms with E-state index in [2.05, 4.69) is 0 Å². The van der Waals surface area contributed by atoms with E-state index in [1.165, 1.54) is 0 Å². The van der Waals surface area contributed by atoms with Gasteiger partial charge in [-0.15, -0.1) is 0 Å². The van der Waals surface area contributed by atoms with E-state index in [0.29, 0.717) is 11.3 Å². The van der Waals surface area contributed by atoms with Crippen LogP contribution in [0.2, 0.25) is 0 Å². The average Bonchev–Trinajstić information content (AvgIpc) is 2.39. The van der Waals surface area contributed by atoms with E-state index < -0.39 is 11.9 Å². The number of aliphatic carboxylic acids is 1. The predicted molar refractivity (Wildman–Crippen MR) is 72.1 cm³/mol. The molecule has 0 aliphatic carbocycles. The Balaban J connectivity index is 0.00000180. The number of carboxylic acid groups (broad SMARTS) is 1. The molecule has 0 spiro atoms. The molecule has 0 aliphatic heterocycles. The zero-order valence-corrected chi connectivity index (χ0v) is 12.9. The molecule has 0 bridgehead atoms. The summed E-state index contributed by atoms with van der Waals surface area (Å²) in [6, 6.07) is 16.4. The number of carbonyl (C=O) groups excluding carboxylic acids is 1. The molecular weight excluding hydrogens is 268 g/mol. The fourth-order valence-corrected chi connectivity index (χ4v) is 1.61. The smallest absolute Gasteiger partial charge is 0.550 e. The van der Waals surface area contributed by atoms with Crippen molar-refractivity contribution in [2.24, 2.45) is 0 Å². The van der Waals surface area contributed by atoms with E-state index in [0.717, 1.165) is 5.75 Å². The molecule has 4 heteroatoms. The van der Waals surface area contributed by atoms with Crippen molar-refractivity contribution in [3.63, 3.8) is 0 Å². The number of carbonyl (C=O) groups is 1. The summed E-state index contributed by atoms with van der Waals surface area (Å²) in [6.07, 6.45) is 0. The van der Waals surface area contributed by atoms with Gasteiger partial charge >= 0.3 is 37.7 Å². The van der Waals surface area contributed by atoms with Crippen LogP contribution in [0, 0.1) is 0 Å². The molecule has 2 rings (SSSR count). The first kappa shape index (κ1) is 16.0. The molecule has 19 heavy (non-hydrogen) atoms. The van der Waals surface area contributed by atoms with Gasteiger partial charge in [0.05, 0.1) is 0 Å². The standard InChI is InChI=1S/C15H14O3.Ca/c1-11(15(16)17)12-6-5-9-14(10-12)18-13-7-3-2-4-8-13;/h2-11H,1H3,(H,16,17);/q;+2/p-1. The average molecular weight is 281 g/mol. The zero-order chi connectivity index (χ0) is 13.0. The molecule has 3 nitrogen and oxygen atoms in total. The van der Waals surface area contributed by atoms with Gasteiger partial charge in [-0.1, -0.05) is 37.3 Å². The van der Waals surface area contributed by atoms with Crippen molar-refractivity contribution in [2.75, 3.05) is 0 Å². The van der Waals surface area contributed by atoms with Gasteiger partial charge in [-0.2, -0.15) is 0 Å². The molecule has 1 atom stereocenters. The van der Waals surface area contributed by atoms with Crippen LogP contribution in [-0.4, -0.2) is 43.7 Å². The van der Waals surface area contributed by atoms with Gasteiger partial charge in [-0.25, -0.2) is 0 Å². The van der Waals surface area contributed by atoms with Crippen LogP contribution in [0.4, 0.5) is 0 Å². The topological polar surface area (TPSA) is 49.4 Å². The summed E-state index contributed by atoms with van der Waals surface area (Å²) in [5, 5.41) is 10.8. The van der Waals surface area contributed by atoms with Gasteiger partial charge in [0.1, 0.15) is 11.5 Å². The summed E-state index contributed by atoms with van der Waals surface area (Å²) >= 11 is 0. The van der Waals surface area contributed by atoms with Crippen molar-refractivity contribution in [1.29, 1.82) is 0 Å². The van der Waals surface area contributed by atoms with Crippen LogP contribution in [0.5, 0.6) is 11.5 Å². The minimum absolute atomic E-state index is 0. The van der Waals surface area contributed by atoms with E-state index in [4.69, 9.17) is 4.74 Å². The van der Waals surface area contributed by atoms with Crippen LogP contribution in [0.25, 0.3) is 0 Å². The summed E-state index contributed by atoms with van der Waals surface area (Å²) in [7, 11) is 0. The number of carboxylic acids is 1. The maximum Gasteiger partial charge on any atom is 2.00 e. The Kier molecular flexibility index (Phi) is 6.35. The Hall–Kier alpha value is -1.03. The van der Waals surface area contributed by atoms with Crippen LogP contribution in [0.3, 0.4) is 0 Å². The third-order valence-corrected chi connectivity index (χ3v) is 2.69. The van der Waals surface area contributed by atoms with Crippen molar-refractivity contribution in [1.82, 2.24) is 0 Å². The molecule has 0 saturated carbocycles. The molecule has 1 unspecified atom stereocenters. The normalized spacial score (nSPS) is 11.2. The molecule has 0 heterocycles. The second kappa shape index (κ2) is 7.53. The van der Waals surface area contributed by atoms with Crippen LogP contribution in [0.15, 0.2) is 54.6 Å². The third kappa shape index (κ3) is 4.53. The van der Waals surface area contributed by atoms with Crippen LogP contribution in [0.1, 0.15) is 18.4 Å². The molecule has 0 saturated heterocycles. The van der Waals surface area contributed by atoms with E-state index in [-0.39, 0.29) is 37.7 Å². The zero-order valence-electron chi connectivity index (χ0n) is 10.7.